The van der Waals surface area contributed by atoms with E-state index in [2.05, 4.69) is 71.5 Å². The van der Waals surface area contributed by atoms with Gasteiger partial charge >= 0.3 is 0 Å². The summed E-state index contributed by atoms with van der Waals surface area (Å²) in [5, 5.41) is 7.56. The minimum atomic E-state index is -0.265. The van der Waals surface area contributed by atoms with Crippen LogP contribution in [0.4, 0.5) is 0 Å². The molecule has 3 aromatic rings. The van der Waals surface area contributed by atoms with Crippen LogP contribution in [-0.2, 0) is 11.2 Å². The number of nitrogens with one attached hydrogen (secondary N) is 1. The molecule has 1 aliphatic carbocycles. The number of aryl methyl sites for hydroxylation is 1. The minimum absolute atomic E-state index is 0.0980. The van der Waals surface area contributed by atoms with Crippen molar-refractivity contribution in [2.24, 2.45) is 0 Å². The summed E-state index contributed by atoms with van der Waals surface area (Å²) in [6.45, 7) is 2.21. The summed E-state index contributed by atoms with van der Waals surface area (Å²) < 4.78 is 0. The van der Waals surface area contributed by atoms with E-state index < -0.39 is 0 Å². The van der Waals surface area contributed by atoms with E-state index in [4.69, 9.17) is 0 Å². The number of rotatable bonds is 9. The van der Waals surface area contributed by atoms with Crippen LogP contribution in [0.3, 0.4) is 0 Å². The summed E-state index contributed by atoms with van der Waals surface area (Å²) in [7, 11) is 0. The summed E-state index contributed by atoms with van der Waals surface area (Å²) in [5.41, 5.74) is 3.66. The van der Waals surface area contributed by atoms with E-state index in [0.29, 0.717) is 6.04 Å². The Labute approximate surface area is 177 Å². The van der Waals surface area contributed by atoms with Gasteiger partial charge in [0.2, 0.25) is 0 Å². The Bertz CT molecular complexity index is 902. The molecule has 29 heavy (non-hydrogen) atoms. The van der Waals surface area contributed by atoms with Gasteiger partial charge in [-0.05, 0) is 36.3 Å². The molecule has 3 nitrogen and oxygen atoms in total. The molecule has 1 aliphatic rings. The summed E-state index contributed by atoms with van der Waals surface area (Å²) >= 11 is 1.75. The van der Waals surface area contributed by atoms with Crippen LogP contribution in [0.15, 0.2) is 72.1 Å². The average molecular weight is 406 g/mol. The van der Waals surface area contributed by atoms with Crippen molar-refractivity contribution in [2.75, 3.05) is 0 Å². The van der Waals surface area contributed by atoms with Crippen LogP contribution >= 0.6 is 11.3 Å². The number of carbonyl (C=O) groups excluding carboxylic acids is 1. The highest BCUT2D eigenvalue weighted by molar-refractivity contribution is 7.10. The van der Waals surface area contributed by atoms with E-state index in [0.717, 1.165) is 31.2 Å². The van der Waals surface area contributed by atoms with Crippen LogP contribution in [0.5, 0.6) is 0 Å². The molecule has 0 unspecified atom stereocenters. The van der Waals surface area contributed by atoms with Gasteiger partial charge in [0.15, 0.2) is 6.04 Å². The second-order valence-electron chi connectivity index (χ2n) is 7.85. The van der Waals surface area contributed by atoms with E-state index in [1.807, 2.05) is 18.2 Å². The van der Waals surface area contributed by atoms with Crippen LogP contribution in [0, 0.1) is 0 Å². The molecule has 0 spiro atoms. The van der Waals surface area contributed by atoms with Gasteiger partial charge in [-0.2, -0.15) is 0 Å². The zero-order valence-electron chi connectivity index (χ0n) is 16.9. The summed E-state index contributed by atoms with van der Waals surface area (Å²) in [4.78, 5) is 14.4. The lowest BCUT2D eigenvalue weighted by atomic mass is 9.98. The zero-order chi connectivity index (χ0) is 20.1. The molecule has 1 aromatic heterocycles. The fourth-order valence-electron chi connectivity index (χ4n) is 3.74. The van der Waals surface area contributed by atoms with Crippen molar-refractivity contribution in [1.82, 2.24) is 5.32 Å². The van der Waals surface area contributed by atoms with E-state index in [9.17, 15) is 4.79 Å². The maximum Gasteiger partial charge on any atom is 0.283 e. The first-order valence-corrected chi connectivity index (χ1v) is 11.4. The number of hydrogen-bond acceptors (Lipinski definition) is 2. The zero-order valence-corrected chi connectivity index (χ0v) is 17.7. The Morgan fingerprint density at radius 1 is 1.03 bits per heavy atom. The lowest BCUT2D eigenvalue weighted by Crippen LogP contribution is -2.88. The summed E-state index contributed by atoms with van der Waals surface area (Å²) in [6.07, 6.45) is 4.45. The molecule has 0 saturated heterocycles. The molecule has 2 aromatic carbocycles. The SMILES string of the molecule is CCCc1ccc([C@@H]([NH2+][C@H](C(=O)NC2CC2)c2ccccc2)c2cccs2)cc1. The second-order valence-corrected chi connectivity index (χ2v) is 8.83. The van der Waals surface area contributed by atoms with Crippen molar-refractivity contribution < 1.29 is 10.1 Å². The number of carbonyl (C=O) groups is 1. The number of hydrogen-bond donors (Lipinski definition) is 2. The number of benzene rings is 2. The third kappa shape index (κ3) is 5.14. The first-order chi connectivity index (χ1) is 14.2. The highest BCUT2D eigenvalue weighted by Crippen LogP contribution is 2.26. The van der Waals surface area contributed by atoms with Crippen molar-refractivity contribution in [3.05, 3.63) is 93.7 Å². The van der Waals surface area contributed by atoms with Gasteiger partial charge in [-0.15, -0.1) is 11.3 Å². The van der Waals surface area contributed by atoms with E-state index in [-0.39, 0.29) is 18.0 Å². The van der Waals surface area contributed by atoms with Crippen molar-refractivity contribution in [3.8, 4) is 0 Å². The second kappa shape index (κ2) is 9.38. The fourth-order valence-corrected chi connectivity index (χ4v) is 4.57. The summed E-state index contributed by atoms with van der Waals surface area (Å²) in [6, 6.07) is 23.5. The Kier molecular flexibility index (Phi) is 6.43. The maximum absolute atomic E-state index is 13.1. The fraction of sp³-hybridized carbons (Fsp3) is 0.320. The molecule has 3 N–H and O–H groups in total. The molecule has 1 saturated carbocycles. The largest absolute Gasteiger partial charge is 0.348 e. The normalized spacial score (nSPS) is 15.6. The molecular formula is C25H29N2OS+. The number of nitrogens with two attached hydrogens (primary N) is 1. The van der Waals surface area contributed by atoms with Crippen molar-refractivity contribution >= 4 is 17.2 Å². The van der Waals surface area contributed by atoms with E-state index >= 15 is 0 Å². The lowest BCUT2D eigenvalue weighted by molar-refractivity contribution is -0.713. The molecule has 4 heteroatoms. The van der Waals surface area contributed by atoms with Gasteiger partial charge in [0.05, 0.1) is 4.88 Å². The molecule has 1 heterocycles. The third-order valence-corrected chi connectivity index (χ3v) is 6.43. The molecule has 150 valence electrons. The monoisotopic (exact) mass is 405 g/mol. The minimum Gasteiger partial charge on any atom is -0.348 e. The quantitative estimate of drug-likeness (QED) is 0.545. The smallest absolute Gasteiger partial charge is 0.283 e. The highest BCUT2D eigenvalue weighted by Gasteiger charge is 2.33. The Balaban J connectivity index is 1.64. The Morgan fingerprint density at radius 2 is 1.79 bits per heavy atom. The van der Waals surface area contributed by atoms with Crippen molar-refractivity contribution in [2.45, 2.75) is 50.7 Å². The van der Waals surface area contributed by atoms with Crippen LogP contribution in [0.2, 0.25) is 0 Å². The van der Waals surface area contributed by atoms with Crippen LogP contribution in [-0.4, -0.2) is 11.9 Å². The summed E-state index contributed by atoms with van der Waals surface area (Å²) in [5.74, 6) is 0.114. The molecular weight excluding hydrogens is 376 g/mol. The average Bonchev–Trinajstić information content (AvgIpc) is 3.39. The molecule has 1 amide bonds. The number of quaternary nitrogens is 1. The van der Waals surface area contributed by atoms with Gasteiger partial charge in [0.1, 0.15) is 6.04 Å². The first-order valence-electron chi connectivity index (χ1n) is 10.6. The van der Waals surface area contributed by atoms with Gasteiger partial charge in [0.25, 0.3) is 5.91 Å². The predicted octanol–water partition coefficient (Wildman–Crippen LogP) is 4.37. The van der Waals surface area contributed by atoms with E-state index in [1.165, 1.54) is 16.0 Å². The molecule has 0 aliphatic heterocycles. The topological polar surface area (TPSA) is 45.7 Å². The van der Waals surface area contributed by atoms with Crippen LogP contribution in [0.25, 0.3) is 0 Å². The van der Waals surface area contributed by atoms with Gasteiger partial charge < -0.3 is 10.6 Å². The Morgan fingerprint density at radius 3 is 2.41 bits per heavy atom. The maximum atomic E-state index is 13.1. The number of amides is 1. The van der Waals surface area contributed by atoms with Crippen LogP contribution in [0.1, 0.15) is 59.8 Å². The van der Waals surface area contributed by atoms with Crippen molar-refractivity contribution in [1.29, 1.82) is 0 Å². The molecule has 4 rings (SSSR count). The first kappa shape index (κ1) is 19.9. The van der Waals surface area contributed by atoms with Gasteiger partial charge in [-0.25, -0.2) is 0 Å². The van der Waals surface area contributed by atoms with Crippen LogP contribution < -0.4 is 10.6 Å². The van der Waals surface area contributed by atoms with E-state index in [1.54, 1.807) is 11.3 Å². The molecule has 2 atom stereocenters. The highest BCUT2D eigenvalue weighted by atomic mass is 32.1. The molecule has 1 fully saturated rings. The van der Waals surface area contributed by atoms with Gasteiger partial charge in [-0.1, -0.05) is 74.0 Å². The van der Waals surface area contributed by atoms with Gasteiger partial charge in [0, 0.05) is 17.2 Å². The van der Waals surface area contributed by atoms with Crippen molar-refractivity contribution in [3.63, 3.8) is 0 Å². The number of thiophene rings is 1. The predicted molar refractivity (Wildman–Crippen MR) is 119 cm³/mol. The lowest BCUT2D eigenvalue weighted by Gasteiger charge is -2.22. The molecule has 0 bridgehead atoms. The third-order valence-electron chi connectivity index (χ3n) is 5.48. The Hall–Kier alpha value is -2.43. The van der Waals surface area contributed by atoms with Gasteiger partial charge in [-0.3, -0.25) is 4.79 Å². The standard InChI is InChI=1S/C25H28N2OS/c1-2-7-18-11-13-20(14-12-18)23(22-10-6-17-29-22)27-24(19-8-4-3-5-9-19)25(28)26-21-15-16-21/h3-6,8-14,17,21,23-24,27H,2,7,15-16H2,1H3,(H,26,28)/p+1/t23-,24+/m1/s1. The molecule has 0 radical (unpaired) electrons.